The van der Waals surface area contributed by atoms with Crippen molar-refractivity contribution in [3.05, 3.63) is 36.0 Å². The molecule has 1 aromatic carbocycles. The Morgan fingerprint density at radius 1 is 1.35 bits per heavy atom. The Hall–Kier alpha value is -1.81. The first-order valence-electron chi connectivity index (χ1n) is 8.57. The molecule has 4 heteroatoms. The second-order valence-electron chi connectivity index (χ2n) is 6.55. The van der Waals surface area contributed by atoms with E-state index in [-0.39, 0.29) is 5.91 Å². The van der Waals surface area contributed by atoms with E-state index in [4.69, 9.17) is 4.74 Å². The minimum Gasteiger partial charge on any atom is -0.379 e. The summed E-state index contributed by atoms with van der Waals surface area (Å²) in [6.45, 7) is 4.99. The molecule has 2 heterocycles. The van der Waals surface area contributed by atoms with Crippen LogP contribution in [0.1, 0.15) is 25.3 Å². The summed E-state index contributed by atoms with van der Waals surface area (Å²) in [5.41, 5.74) is 2.58. The number of aryl methyl sites for hydroxylation is 1. The third kappa shape index (κ3) is 3.75. The zero-order chi connectivity index (χ0) is 16.2. The van der Waals surface area contributed by atoms with E-state index in [0.717, 1.165) is 32.5 Å². The van der Waals surface area contributed by atoms with Gasteiger partial charge in [0.1, 0.15) is 0 Å². The van der Waals surface area contributed by atoms with Gasteiger partial charge < -0.3 is 14.2 Å². The largest absolute Gasteiger partial charge is 0.379 e. The Bertz CT molecular complexity index is 677. The first-order valence-corrected chi connectivity index (χ1v) is 8.57. The maximum absolute atomic E-state index is 12.2. The number of nitrogens with zero attached hydrogens (tertiary/aromatic N) is 2. The minimum absolute atomic E-state index is 0.265. The van der Waals surface area contributed by atoms with Crippen molar-refractivity contribution in [2.24, 2.45) is 13.0 Å². The van der Waals surface area contributed by atoms with Crippen molar-refractivity contribution < 1.29 is 9.53 Å². The maximum Gasteiger partial charge on any atom is 0.222 e. The number of fused-ring (bicyclic) bond motifs is 1. The molecule has 23 heavy (non-hydrogen) atoms. The van der Waals surface area contributed by atoms with Crippen LogP contribution < -0.4 is 0 Å². The van der Waals surface area contributed by atoms with Crippen LogP contribution in [-0.4, -0.2) is 41.7 Å². The molecule has 1 fully saturated rings. The van der Waals surface area contributed by atoms with Crippen LogP contribution in [0.15, 0.2) is 30.5 Å². The molecule has 1 aliphatic heterocycles. The van der Waals surface area contributed by atoms with Gasteiger partial charge in [-0.1, -0.05) is 13.0 Å². The van der Waals surface area contributed by atoms with E-state index < -0.39 is 0 Å². The van der Waals surface area contributed by atoms with Crippen LogP contribution in [-0.2, 0) is 23.0 Å². The molecule has 1 atom stereocenters. The molecule has 1 amide bonds. The Balaban J connectivity index is 1.70. The third-order valence-corrected chi connectivity index (χ3v) is 4.63. The van der Waals surface area contributed by atoms with Crippen molar-refractivity contribution in [1.82, 2.24) is 9.47 Å². The molecule has 124 valence electrons. The zero-order valence-electron chi connectivity index (χ0n) is 14.1. The monoisotopic (exact) mass is 314 g/mol. The van der Waals surface area contributed by atoms with Crippen molar-refractivity contribution in [3.8, 4) is 0 Å². The van der Waals surface area contributed by atoms with Gasteiger partial charge in [-0.2, -0.15) is 0 Å². The van der Waals surface area contributed by atoms with Gasteiger partial charge in [0.05, 0.1) is 13.2 Å². The van der Waals surface area contributed by atoms with E-state index in [1.165, 1.54) is 16.5 Å². The number of carbonyl (C=O) groups is 1. The Morgan fingerprint density at radius 3 is 3.04 bits per heavy atom. The topological polar surface area (TPSA) is 34.5 Å². The van der Waals surface area contributed by atoms with Crippen molar-refractivity contribution in [3.63, 3.8) is 0 Å². The molecule has 0 bridgehead atoms. The highest BCUT2D eigenvalue weighted by molar-refractivity contribution is 5.80. The van der Waals surface area contributed by atoms with Crippen LogP contribution in [0.25, 0.3) is 10.9 Å². The van der Waals surface area contributed by atoms with E-state index in [1.54, 1.807) is 0 Å². The SMILES string of the molecule is CCCC(=O)N1CCOC[C@@H](Cc2ccc3c(ccn3C)c2)C1. The van der Waals surface area contributed by atoms with Crippen LogP contribution in [0.4, 0.5) is 0 Å². The first-order chi connectivity index (χ1) is 11.2. The molecule has 1 aliphatic rings. The summed E-state index contributed by atoms with van der Waals surface area (Å²) in [5, 5.41) is 1.28. The van der Waals surface area contributed by atoms with Crippen molar-refractivity contribution in [1.29, 1.82) is 0 Å². The summed E-state index contributed by atoms with van der Waals surface area (Å²) < 4.78 is 7.87. The summed E-state index contributed by atoms with van der Waals surface area (Å²) >= 11 is 0. The molecule has 0 radical (unpaired) electrons. The number of aromatic nitrogens is 1. The van der Waals surface area contributed by atoms with E-state index in [1.807, 2.05) is 4.90 Å². The van der Waals surface area contributed by atoms with Crippen LogP contribution in [0.5, 0.6) is 0 Å². The molecule has 3 rings (SSSR count). The molecular weight excluding hydrogens is 288 g/mol. The highest BCUT2D eigenvalue weighted by Crippen LogP contribution is 2.20. The second-order valence-corrected chi connectivity index (χ2v) is 6.55. The second kappa shape index (κ2) is 7.18. The Labute approximate surface area is 138 Å². The van der Waals surface area contributed by atoms with Gasteiger partial charge in [-0.15, -0.1) is 0 Å². The number of rotatable bonds is 4. The van der Waals surface area contributed by atoms with E-state index >= 15 is 0 Å². The summed E-state index contributed by atoms with van der Waals surface area (Å²) in [4.78, 5) is 14.2. The molecule has 1 saturated heterocycles. The average molecular weight is 314 g/mol. The first kappa shape index (κ1) is 16.1. The van der Waals surface area contributed by atoms with E-state index in [9.17, 15) is 4.79 Å². The number of amides is 1. The standard InChI is InChI=1S/C19H26N2O2/c1-3-4-19(22)21-9-10-23-14-16(13-21)11-15-5-6-18-17(12-15)7-8-20(18)2/h5-8,12,16H,3-4,9-11,13-14H2,1-2H3/t16-/m0/s1. The molecule has 0 unspecified atom stereocenters. The fourth-order valence-electron chi connectivity index (χ4n) is 3.39. The van der Waals surface area contributed by atoms with E-state index in [2.05, 4.69) is 49.0 Å². The van der Waals surface area contributed by atoms with Gasteiger partial charge in [-0.05, 0) is 42.0 Å². The fourth-order valence-corrected chi connectivity index (χ4v) is 3.39. The Kier molecular flexibility index (Phi) is 5.01. The van der Waals surface area contributed by atoms with Crippen LogP contribution in [0.3, 0.4) is 0 Å². The van der Waals surface area contributed by atoms with Gasteiger partial charge in [-0.25, -0.2) is 0 Å². The lowest BCUT2D eigenvalue weighted by Crippen LogP contribution is -2.36. The van der Waals surface area contributed by atoms with Crippen LogP contribution in [0.2, 0.25) is 0 Å². The summed E-state index contributed by atoms with van der Waals surface area (Å²) in [7, 11) is 2.07. The molecule has 0 aliphatic carbocycles. The third-order valence-electron chi connectivity index (χ3n) is 4.63. The number of hydrogen-bond acceptors (Lipinski definition) is 2. The number of hydrogen-bond donors (Lipinski definition) is 0. The molecule has 1 aromatic heterocycles. The lowest BCUT2D eigenvalue weighted by Gasteiger charge is -2.23. The normalized spacial score (nSPS) is 19.0. The predicted molar refractivity (Wildman–Crippen MR) is 92.4 cm³/mol. The number of ether oxygens (including phenoxy) is 1. The smallest absolute Gasteiger partial charge is 0.222 e. The minimum atomic E-state index is 0.265. The number of benzene rings is 1. The number of carbonyl (C=O) groups excluding carboxylic acids is 1. The fraction of sp³-hybridized carbons (Fsp3) is 0.526. The van der Waals surface area contributed by atoms with Crippen molar-refractivity contribution in [2.45, 2.75) is 26.2 Å². The van der Waals surface area contributed by atoms with Gasteiger partial charge >= 0.3 is 0 Å². The maximum atomic E-state index is 12.2. The lowest BCUT2D eigenvalue weighted by atomic mass is 9.98. The zero-order valence-corrected chi connectivity index (χ0v) is 14.1. The molecule has 4 nitrogen and oxygen atoms in total. The molecule has 0 saturated carbocycles. The van der Waals surface area contributed by atoms with Crippen LogP contribution in [0, 0.1) is 5.92 Å². The summed E-state index contributed by atoms with van der Waals surface area (Å²) in [6, 6.07) is 8.80. The van der Waals surface area contributed by atoms with Gasteiger partial charge in [0, 0.05) is 44.2 Å². The molecule has 0 N–H and O–H groups in total. The Morgan fingerprint density at radius 2 is 2.22 bits per heavy atom. The predicted octanol–water partition coefficient (Wildman–Crippen LogP) is 3.00. The quantitative estimate of drug-likeness (QED) is 0.869. The van der Waals surface area contributed by atoms with Gasteiger partial charge in [-0.3, -0.25) is 4.79 Å². The van der Waals surface area contributed by atoms with Gasteiger partial charge in [0.15, 0.2) is 0 Å². The average Bonchev–Trinajstić information content (AvgIpc) is 2.76. The van der Waals surface area contributed by atoms with Crippen LogP contribution >= 0.6 is 0 Å². The van der Waals surface area contributed by atoms with E-state index in [0.29, 0.717) is 18.9 Å². The van der Waals surface area contributed by atoms with Crippen molar-refractivity contribution in [2.75, 3.05) is 26.3 Å². The molecule has 0 spiro atoms. The van der Waals surface area contributed by atoms with Gasteiger partial charge in [0.2, 0.25) is 5.91 Å². The lowest BCUT2D eigenvalue weighted by molar-refractivity contribution is -0.131. The van der Waals surface area contributed by atoms with Crippen molar-refractivity contribution >= 4 is 16.8 Å². The molecule has 2 aromatic rings. The highest BCUT2D eigenvalue weighted by Gasteiger charge is 2.22. The van der Waals surface area contributed by atoms with Gasteiger partial charge in [0.25, 0.3) is 0 Å². The summed E-state index contributed by atoms with van der Waals surface area (Å²) in [5.74, 6) is 0.640. The summed E-state index contributed by atoms with van der Waals surface area (Å²) in [6.07, 6.45) is 4.60. The highest BCUT2D eigenvalue weighted by atomic mass is 16.5. The molecular formula is C19H26N2O2.